The highest BCUT2D eigenvalue weighted by Gasteiger charge is 2.09. The van der Waals surface area contributed by atoms with E-state index in [2.05, 4.69) is 18.2 Å². The molecule has 0 aliphatic rings. The van der Waals surface area contributed by atoms with Crippen LogP contribution >= 0.6 is 0 Å². The second kappa shape index (κ2) is 5.25. The van der Waals surface area contributed by atoms with E-state index >= 15 is 0 Å². The van der Waals surface area contributed by atoms with Gasteiger partial charge in [-0.25, -0.2) is 0 Å². The number of hydrogen-bond acceptors (Lipinski definition) is 2. The van der Waals surface area contributed by atoms with Crippen LogP contribution in [0.1, 0.15) is 11.1 Å². The first kappa shape index (κ1) is 12.5. The molecule has 0 aromatic heterocycles. The highest BCUT2D eigenvalue weighted by atomic mass is 16.1. The summed E-state index contributed by atoms with van der Waals surface area (Å²) in [4.78, 5) is 21.7. The van der Waals surface area contributed by atoms with Crippen LogP contribution in [0.5, 0.6) is 0 Å². The first-order chi connectivity index (χ1) is 9.85. The number of fused-ring (bicyclic) bond motifs is 3. The number of hydrogen-bond donors (Lipinski definition) is 0. The maximum Gasteiger partial charge on any atom is 0.124 e. The van der Waals surface area contributed by atoms with Gasteiger partial charge >= 0.3 is 0 Å². The van der Waals surface area contributed by atoms with Gasteiger partial charge in [0.25, 0.3) is 0 Å². The molecule has 0 fully saturated rings. The number of rotatable bonds is 4. The summed E-state index contributed by atoms with van der Waals surface area (Å²) in [6.07, 6.45) is 2.49. The maximum absolute atomic E-state index is 10.9. The zero-order chi connectivity index (χ0) is 13.9. The lowest BCUT2D eigenvalue weighted by Crippen LogP contribution is -1.98. The second-order valence-electron chi connectivity index (χ2n) is 4.83. The summed E-state index contributed by atoms with van der Waals surface area (Å²) in [6.45, 7) is 0. The molecule has 0 bridgehead atoms. The van der Waals surface area contributed by atoms with E-state index < -0.39 is 0 Å². The summed E-state index contributed by atoms with van der Waals surface area (Å²) in [7, 11) is 0. The fourth-order valence-corrected chi connectivity index (χ4v) is 2.80. The number of carbonyl (C=O) groups is 2. The van der Waals surface area contributed by atoms with Gasteiger partial charge in [0.1, 0.15) is 12.6 Å². The molecular weight excluding hydrogens is 248 g/mol. The lowest BCUT2D eigenvalue weighted by atomic mass is 9.92. The van der Waals surface area contributed by atoms with E-state index in [4.69, 9.17) is 0 Å². The molecule has 0 aliphatic heterocycles. The van der Waals surface area contributed by atoms with Gasteiger partial charge in [-0.2, -0.15) is 0 Å². The molecule has 0 N–H and O–H groups in total. The Morgan fingerprint density at radius 2 is 1.45 bits per heavy atom. The van der Waals surface area contributed by atoms with Crippen LogP contribution in [0.25, 0.3) is 21.5 Å². The summed E-state index contributed by atoms with van der Waals surface area (Å²) < 4.78 is 0. The zero-order valence-electron chi connectivity index (χ0n) is 11.0. The van der Waals surface area contributed by atoms with E-state index in [1.807, 2.05) is 30.3 Å². The van der Waals surface area contributed by atoms with Gasteiger partial charge in [0.05, 0.1) is 0 Å². The van der Waals surface area contributed by atoms with Gasteiger partial charge in [-0.3, -0.25) is 0 Å². The standard InChI is InChI=1S/C18H14O2/c19-11-9-14-6-8-17-15-4-2-1-3-13(15)5-7-18(17)16(14)10-12-20/h1-8,11-12H,9-10H2. The molecule has 3 aromatic carbocycles. The lowest BCUT2D eigenvalue weighted by Gasteiger charge is -2.11. The van der Waals surface area contributed by atoms with Crippen molar-refractivity contribution in [1.82, 2.24) is 0 Å². The second-order valence-corrected chi connectivity index (χ2v) is 4.83. The summed E-state index contributed by atoms with van der Waals surface area (Å²) >= 11 is 0. The molecule has 98 valence electrons. The molecule has 0 saturated carbocycles. The van der Waals surface area contributed by atoms with Crippen molar-refractivity contribution in [3.05, 3.63) is 59.7 Å². The Kier molecular flexibility index (Phi) is 3.30. The maximum atomic E-state index is 10.9. The molecule has 0 unspecified atom stereocenters. The Labute approximate surface area is 117 Å². The molecule has 0 heterocycles. The minimum atomic E-state index is 0.346. The monoisotopic (exact) mass is 262 g/mol. The van der Waals surface area contributed by atoms with E-state index in [1.165, 1.54) is 10.8 Å². The topological polar surface area (TPSA) is 34.1 Å². The summed E-state index contributed by atoms with van der Waals surface area (Å²) in [6, 6.07) is 16.3. The fourth-order valence-electron chi connectivity index (χ4n) is 2.80. The Bertz CT molecular complexity index is 803. The average molecular weight is 262 g/mol. The van der Waals surface area contributed by atoms with E-state index in [0.29, 0.717) is 12.8 Å². The summed E-state index contributed by atoms with van der Waals surface area (Å²) in [5.74, 6) is 0. The molecule has 0 atom stereocenters. The van der Waals surface area contributed by atoms with E-state index in [-0.39, 0.29) is 0 Å². The van der Waals surface area contributed by atoms with Gasteiger partial charge in [-0.15, -0.1) is 0 Å². The van der Waals surface area contributed by atoms with Crippen LogP contribution in [0, 0.1) is 0 Å². The van der Waals surface area contributed by atoms with E-state index in [0.717, 1.165) is 34.5 Å². The number of aldehydes is 2. The molecule has 0 radical (unpaired) electrons. The third-order valence-electron chi connectivity index (χ3n) is 3.73. The quantitative estimate of drug-likeness (QED) is 0.533. The third-order valence-corrected chi connectivity index (χ3v) is 3.73. The van der Waals surface area contributed by atoms with Crippen molar-refractivity contribution in [1.29, 1.82) is 0 Å². The molecule has 0 amide bonds. The largest absolute Gasteiger partial charge is 0.303 e. The van der Waals surface area contributed by atoms with Crippen molar-refractivity contribution in [3.8, 4) is 0 Å². The van der Waals surface area contributed by atoms with Crippen molar-refractivity contribution in [2.45, 2.75) is 12.8 Å². The van der Waals surface area contributed by atoms with Crippen LogP contribution in [0.15, 0.2) is 48.5 Å². The van der Waals surface area contributed by atoms with Gasteiger partial charge in [0, 0.05) is 12.8 Å². The average Bonchev–Trinajstić information content (AvgIpc) is 2.49. The Balaban J connectivity index is 2.38. The minimum absolute atomic E-state index is 0.346. The molecule has 0 spiro atoms. The number of carbonyl (C=O) groups excluding carboxylic acids is 2. The van der Waals surface area contributed by atoms with Crippen LogP contribution in [0.2, 0.25) is 0 Å². The zero-order valence-corrected chi connectivity index (χ0v) is 11.0. The fraction of sp³-hybridized carbons (Fsp3) is 0.111. The molecule has 0 aliphatic carbocycles. The first-order valence-electron chi connectivity index (χ1n) is 6.64. The van der Waals surface area contributed by atoms with Crippen molar-refractivity contribution in [2.24, 2.45) is 0 Å². The van der Waals surface area contributed by atoms with Crippen molar-refractivity contribution in [2.75, 3.05) is 0 Å². The van der Waals surface area contributed by atoms with Gasteiger partial charge in [0.2, 0.25) is 0 Å². The predicted molar refractivity (Wildman–Crippen MR) is 81.0 cm³/mol. The highest BCUT2D eigenvalue weighted by molar-refractivity contribution is 6.09. The number of benzene rings is 3. The molecule has 3 rings (SSSR count). The molecule has 20 heavy (non-hydrogen) atoms. The van der Waals surface area contributed by atoms with Gasteiger partial charge in [-0.1, -0.05) is 48.5 Å². The predicted octanol–water partition coefficient (Wildman–Crippen LogP) is 3.48. The van der Waals surface area contributed by atoms with Gasteiger partial charge in [-0.05, 0) is 32.7 Å². The van der Waals surface area contributed by atoms with Crippen molar-refractivity contribution < 1.29 is 9.59 Å². The molecule has 2 nitrogen and oxygen atoms in total. The minimum Gasteiger partial charge on any atom is -0.303 e. The van der Waals surface area contributed by atoms with Gasteiger partial charge < -0.3 is 9.59 Å². The SMILES string of the molecule is O=CCc1ccc2c(ccc3ccccc32)c1CC=O. The van der Waals surface area contributed by atoms with Crippen LogP contribution in [-0.2, 0) is 22.4 Å². The molecular formula is C18H14O2. The lowest BCUT2D eigenvalue weighted by molar-refractivity contribution is -0.108. The normalized spacial score (nSPS) is 10.8. The Morgan fingerprint density at radius 3 is 2.25 bits per heavy atom. The van der Waals surface area contributed by atoms with Crippen LogP contribution in [-0.4, -0.2) is 12.6 Å². The molecule has 0 saturated heterocycles. The smallest absolute Gasteiger partial charge is 0.124 e. The molecule has 3 aromatic rings. The van der Waals surface area contributed by atoms with Crippen LogP contribution < -0.4 is 0 Å². The summed E-state index contributed by atoms with van der Waals surface area (Å²) in [5.41, 5.74) is 1.91. The Morgan fingerprint density at radius 1 is 0.700 bits per heavy atom. The third kappa shape index (κ3) is 1.99. The van der Waals surface area contributed by atoms with E-state index in [1.54, 1.807) is 0 Å². The van der Waals surface area contributed by atoms with E-state index in [9.17, 15) is 9.59 Å². The highest BCUT2D eigenvalue weighted by Crippen LogP contribution is 2.29. The first-order valence-corrected chi connectivity index (χ1v) is 6.64. The van der Waals surface area contributed by atoms with Gasteiger partial charge in [0.15, 0.2) is 0 Å². The van der Waals surface area contributed by atoms with Crippen molar-refractivity contribution >= 4 is 34.1 Å². The Hall–Kier alpha value is -2.48. The summed E-state index contributed by atoms with van der Waals surface area (Å²) in [5, 5.41) is 4.56. The van der Waals surface area contributed by atoms with Crippen LogP contribution in [0.4, 0.5) is 0 Å². The van der Waals surface area contributed by atoms with Crippen LogP contribution in [0.3, 0.4) is 0 Å². The van der Waals surface area contributed by atoms with Crippen molar-refractivity contribution in [3.63, 3.8) is 0 Å². The molecule has 2 heteroatoms.